The lowest BCUT2D eigenvalue weighted by Crippen LogP contribution is -2.31. The number of hydrogen-bond donors (Lipinski definition) is 1. The summed E-state index contributed by atoms with van der Waals surface area (Å²) in [6.07, 6.45) is 8.49. The summed E-state index contributed by atoms with van der Waals surface area (Å²) in [6.45, 7) is 3.70. The van der Waals surface area contributed by atoms with Gasteiger partial charge in [0.1, 0.15) is 0 Å². The SMILES string of the molecule is Cc1ccncc1CN[C@H]1CCO[C@@H]1c1cncc(Br)c1. The van der Waals surface area contributed by atoms with E-state index in [4.69, 9.17) is 4.74 Å². The fourth-order valence-electron chi connectivity index (χ4n) is 2.63. The average molecular weight is 348 g/mol. The first kappa shape index (κ1) is 14.6. The van der Waals surface area contributed by atoms with E-state index in [0.717, 1.165) is 29.6 Å². The van der Waals surface area contributed by atoms with Gasteiger partial charge in [-0.05, 0) is 52.5 Å². The molecule has 0 saturated carbocycles. The van der Waals surface area contributed by atoms with Crippen molar-refractivity contribution in [3.05, 3.63) is 58.1 Å². The van der Waals surface area contributed by atoms with E-state index in [1.807, 2.05) is 24.7 Å². The molecule has 1 aliphatic heterocycles. The Hall–Kier alpha value is -1.30. The van der Waals surface area contributed by atoms with E-state index in [0.29, 0.717) is 6.04 Å². The summed E-state index contributed by atoms with van der Waals surface area (Å²) in [4.78, 5) is 8.42. The van der Waals surface area contributed by atoms with E-state index >= 15 is 0 Å². The van der Waals surface area contributed by atoms with Crippen LogP contribution in [0.1, 0.15) is 29.2 Å². The molecule has 0 amide bonds. The minimum atomic E-state index is 0.0620. The normalized spacial score (nSPS) is 21.6. The molecule has 2 aromatic rings. The van der Waals surface area contributed by atoms with Crippen LogP contribution in [0.5, 0.6) is 0 Å². The molecular formula is C16H18BrN3O. The van der Waals surface area contributed by atoms with Crippen molar-refractivity contribution in [2.45, 2.75) is 32.0 Å². The van der Waals surface area contributed by atoms with Crippen LogP contribution in [0.3, 0.4) is 0 Å². The molecule has 2 aromatic heterocycles. The molecule has 0 radical (unpaired) electrons. The summed E-state index contributed by atoms with van der Waals surface area (Å²) >= 11 is 3.47. The van der Waals surface area contributed by atoms with Crippen molar-refractivity contribution >= 4 is 15.9 Å². The van der Waals surface area contributed by atoms with Gasteiger partial charge in [0.15, 0.2) is 0 Å². The maximum absolute atomic E-state index is 5.89. The molecule has 1 fully saturated rings. The Balaban J connectivity index is 1.69. The Morgan fingerprint density at radius 1 is 1.33 bits per heavy atom. The van der Waals surface area contributed by atoms with Crippen molar-refractivity contribution in [3.8, 4) is 0 Å². The highest BCUT2D eigenvalue weighted by atomic mass is 79.9. The van der Waals surface area contributed by atoms with E-state index in [2.05, 4.69) is 44.2 Å². The van der Waals surface area contributed by atoms with Crippen LogP contribution in [0.15, 0.2) is 41.4 Å². The topological polar surface area (TPSA) is 47.0 Å². The number of nitrogens with one attached hydrogen (secondary N) is 1. The molecule has 3 rings (SSSR count). The minimum absolute atomic E-state index is 0.0620. The predicted molar refractivity (Wildman–Crippen MR) is 84.8 cm³/mol. The smallest absolute Gasteiger partial charge is 0.0993 e. The van der Waals surface area contributed by atoms with Crippen molar-refractivity contribution in [1.29, 1.82) is 0 Å². The van der Waals surface area contributed by atoms with Crippen LogP contribution >= 0.6 is 15.9 Å². The van der Waals surface area contributed by atoms with Gasteiger partial charge in [-0.3, -0.25) is 9.97 Å². The Morgan fingerprint density at radius 2 is 2.24 bits per heavy atom. The zero-order valence-electron chi connectivity index (χ0n) is 11.9. The first-order valence-corrected chi connectivity index (χ1v) is 7.88. The number of ether oxygens (including phenoxy) is 1. The Labute approximate surface area is 133 Å². The predicted octanol–water partition coefficient (Wildman–Crippen LogP) is 3.17. The van der Waals surface area contributed by atoms with Gasteiger partial charge in [0.2, 0.25) is 0 Å². The second kappa shape index (κ2) is 6.64. The lowest BCUT2D eigenvalue weighted by molar-refractivity contribution is 0.0981. The molecule has 1 aliphatic rings. The van der Waals surface area contributed by atoms with Gasteiger partial charge >= 0.3 is 0 Å². The Kier molecular flexibility index (Phi) is 4.63. The molecule has 2 atom stereocenters. The molecule has 3 heterocycles. The van der Waals surface area contributed by atoms with Crippen molar-refractivity contribution in [2.24, 2.45) is 0 Å². The zero-order chi connectivity index (χ0) is 14.7. The van der Waals surface area contributed by atoms with Gasteiger partial charge < -0.3 is 10.1 Å². The largest absolute Gasteiger partial charge is 0.372 e. The molecular weight excluding hydrogens is 330 g/mol. The van der Waals surface area contributed by atoms with E-state index in [1.165, 1.54) is 11.1 Å². The van der Waals surface area contributed by atoms with Crippen LogP contribution in [-0.2, 0) is 11.3 Å². The van der Waals surface area contributed by atoms with Gasteiger partial charge in [-0.2, -0.15) is 0 Å². The maximum Gasteiger partial charge on any atom is 0.0993 e. The molecule has 0 aliphatic carbocycles. The van der Waals surface area contributed by atoms with Gasteiger partial charge in [-0.25, -0.2) is 0 Å². The van der Waals surface area contributed by atoms with Gasteiger partial charge in [0, 0.05) is 54.0 Å². The summed E-state index contributed by atoms with van der Waals surface area (Å²) in [7, 11) is 0. The third-order valence-electron chi connectivity index (χ3n) is 3.85. The lowest BCUT2D eigenvalue weighted by Gasteiger charge is -2.20. The van der Waals surface area contributed by atoms with E-state index in [1.54, 1.807) is 6.20 Å². The highest BCUT2D eigenvalue weighted by Crippen LogP contribution is 2.30. The van der Waals surface area contributed by atoms with Crippen molar-refractivity contribution in [3.63, 3.8) is 0 Å². The van der Waals surface area contributed by atoms with Crippen LogP contribution in [0.25, 0.3) is 0 Å². The highest BCUT2D eigenvalue weighted by molar-refractivity contribution is 9.10. The first-order valence-electron chi connectivity index (χ1n) is 7.09. The van der Waals surface area contributed by atoms with E-state index < -0.39 is 0 Å². The van der Waals surface area contributed by atoms with Gasteiger partial charge in [-0.15, -0.1) is 0 Å². The molecule has 0 unspecified atom stereocenters. The number of hydrogen-bond acceptors (Lipinski definition) is 4. The minimum Gasteiger partial charge on any atom is -0.372 e. The first-order chi connectivity index (χ1) is 10.2. The average Bonchev–Trinajstić information content (AvgIpc) is 2.95. The quantitative estimate of drug-likeness (QED) is 0.922. The molecule has 1 saturated heterocycles. The molecule has 5 heteroatoms. The number of rotatable bonds is 4. The highest BCUT2D eigenvalue weighted by Gasteiger charge is 2.29. The fourth-order valence-corrected chi connectivity index (χ4v) is 3.02. The van der Waals surface area contributed by atoms with E-state index in [-0.39, 0.29) is 6.10 Å². The van der Waals surface area contributed by atoms with Crippen molar-refractivity contribution in [1.82, 2.24) is 15.3 Å². The second-order valence-electron chi connectivity index (χ2n) is 5.31. The van der Waals surface area contributed by atoms with Crippen LogP contribution in [0.2, 0.25) is 0 Å². The van der Waals surface area contributed by atoms with Crippen molar-refractivity contribution in [2.75, 3.05) is 6.61 Å². The number of pyridine rings is 2. The Bertz CT molecular complexity index is 620. The summed E-state index contributed by atoms with van der Waals surface area (Å²) in [6, 6.07) is 4.42. The Morgan fingerprint density at radius 3 is 3.05 bits per heavy atom. The third kappa shape index (κ3) is 3.48. The zero-order valence-corrected chi connectivity index (χ0v) is 13.5. The van der Waals surface area contributed by atoms with Gasteiger partial charge in [-0.1, -0.05) is 0 Å². The maximum atomic E-state index is 5.89. The molecule has 0 aromatic carbocycles. The molecule has 0 spiro atoms. The van der Waals surface area contributed by atoms with Crippen LogP contribution in [-0.4, -0.2) is 22.6 Å². The second-order valence-corrected chi connectivity index (χ2v) is 6.22. The number of aryl methyl sites for hydroxylation is 1. The summed E-state index contributed by atoms with van der Waals surface area (Å²) in [5.74, 6) is 0. The van der Waals surface area contributed by atoms with Crippen LogP contribution in [0.4, 0.5) is 0 Å². The van der Waals surface area contributed by atoms with E-state index in [9.17, 15) is 0 Å². The molecule has 21 heavy (non-hydrogen) atoms. The molecule has 4 nitrogen and oxygen atoms in total. The van der Waals surface area contributed by atoms with Gasteiger partial charge in [0.25, 0.3) is 0 Å². The fraction of sp³-hybridized carbons (Fsp3) is 0.375. The number of nitrogens with zero attached hydrogens (tertiary/aromatic N) is 2. The molecule has 110 valence electrons. The standard InChI is InChI=1S/C16H18BrN3O/c1-11-2-4-18-8-13(11)9-20-15-3-5-21-16(15)12-6-14(17)10-19-7-12/h2,4,6-8,10,15-16,20H,3,5,9H2,1H3/t15-,16+/m0/s1. The molecule has 0 bridgehead atoms. The third-order valence-corrected chi connectivity index (χ3v) is 4.28. The number of aromatic nitrogens is 2. The number of halogens is 1. The lowest BCUT2D eigenvalue weighted by atomic mass is 10.0. The molecule has 1 N–H and O–H groups in total. The van der Waals surface area contributed by atoms with Gasteiger partial charge in [0.05, 0.1) is 6.10 Å². The summed E-state index contributed by atoms with van der Waals surface area (Å²) in [5, 5.41) is 3.60. The van der Waals surface area contributed by atoms with Crippen LogP contribution < -0.4 is 5.32 Å². The van der Waals surface area contributed by atoms with Crippen molar-refractivity contribution < 1.29 is 4.74 Å². The summed E-state index contributed by atoms with van der Waals surface area (Å²) < 4.78 is 6.87. The monoisotopic (exact) mass is 347 g/mol. The summed E-state index contributed by atoms with van der Waals surface area (Å²) in [5.41, 5.74) is 3.61. The van der Waals surface area contributed by atoms with Crippen LogP contribution in [0, 0.1) is 6.92 Å².